The van der Waals surface area contributed by atoms with Gasteiger partial charge in [0.15, 0.2) is 17.9 Å². The molecule has 5 aromatic carbocycles. The van der Waals surface area contributed by atoms with Crippen molar-refractivity contribution in [1.82, 2.24) is 95.4 Å². The minimum Gasteiger partial charge on any atom is -0.508 e. The molecular formula is C95H139N27O23. The number of unbranched alkanes of at least 4 members (excludes halogenated alkanes) is 2. The van der Waals surface area contributed by atoms with Crippen molar-refractivity contribution < 1.29 is 113 Å². The smallest absolute Gasteiger partial charge is 0.326 e. The van der Waals surface area contributed by atoms with Gasteiger partial charge in [-0.2, -0.15) is 0 Å². The second-order valence-corrected chi connectivity index (χ2v) is 35.2. The Bertz CT molecular complexity index is 5310. The first kappa shape index (κ1) is 118. The van der Waals surface area contributed by atoms with Gasteiger partial charge in [0.05, 0.1) is 25.9 Å². The summed E-state index contributed by atoms with van der Waals surface area (Å²) < 4.78 is 0. The molecule has 1 heterocycles. The van der Waals surface area contributed by atoms with Gasteiger partial charge in [0.25, 0.3) is 0 Å². The van der Waals surface area contributed by atoms with Crippen molar-refractivity contribution in [3.8, 4) is 23.0 Å². The average Bonchev–Trinajstić information content (AvgIpc) is 1.77. The van der Waals surface area contributed by atoms with Crippen molar-refractivity contribution in [3.05, 3.63) is 155 Å². The molecule has 1 aromatic heterocycles. The number of hydrogen-bond acceptors (Lipinski definition) is 28. The Kier molecular flexibility index (Phi) is 50.0. The minimum absolute atomic E-state index is 0.00183. The van der Waals surface area contributed by atoms with Gasteiger partial charge in [-0.15, -0.1) is 0 Å². The van der Waals surface area contributed by atoms with Crippen molar-refractivity contribution in [2.24, 2.45) is 40.3 Å². The van der Waals surface area contributed by atoms with Gasteiger partial charge in [0.2, 0.25) is 82.7 Å². The molecule has 0 saturated carbocycles. The van der Waals surface area contributed by atoms with Crippen molar-refractivity contribution in [1.29, 1.82) is 16.2 Å². The lowest BCUT2D eigenvalue weighted by Crippen LogP contribution is -2.62. The predicted octanol–water partition coefficient (Wildman–Crippen LogP) is -6.21. The fraction of sp³-hybridized carbons (Fsp3) is 0.474. The molecule has 0 unspecified atom stereocenters. The second-order valence-electron chi connectivity index (χ2n) is 35.2. The van der Waals surface area contributed by atoms with Gasteiger partial charge in [-0.1, -0.05) is 80.6 Å². The van der Waals surface area contributed by atoms with E-state index in [1.54, 1.807) is 38.1 Å². The quantitative estimate of drug-likeness (QED) is 0.00960. The number of phenolic OH excluding ortho intramolecular Hbond substituents is 4. The van der Waals surface area contributed by atoms with Crippen LogP contribution in [-0.2, 0) is 104 Å². The third kappa shape index (κ3) is 41.9. The van der Waals surface area contributed by atoms with E-state index in [9.17, 15) is 103 Å². The molecule has 41 N–H and O–H groups in total. The fourth-order valence-corrected chi connectivity index (χ4v) is 15.1. The molecule has 145 heavy (non-hydrogen) atoms. The summed E-state index contributed by atoms with van der Waals surface area (Å²) in [6.07, 6.45) is 0.555. The third-order valence-electron chi connectivity index (χ3n) is 23.0. The third-order valence-corrected chi connectivity index (χ3v) is 23.0. The lowest BCUT2D eigenvalue weighted by Gasteiger charge is -2.28. The Labute approximate surface area is 836 Å². The number of aromatic nitrogens is 1. The molecule has 0 bridgehead atoms. The van der Waals surface area contributed by atoms with Gasteiger partial charge in [-0.05, 0) is 198 Å². The zero-order valence-electron chi connectivity index (χ0n) is 80.9. The molecule has 6 rings (SSSR count). The number of aliphatic carboxylic acids is 1. The van der Waals surface area contributed by atoms with Crippen LogP contribution in [0.1, 0.15) is 132 Å². The van der Waals surface area contributed by atoms with Gasteiger partial charge >= 0.3 is 5.97 Å². The number of rotatable bonds is 64. The fourth-order valence-electron chi connectivity index (χ4n) is 15.1. The monoisotopic (exact) mass is 2030 g/mol. The summed E-state index contributed by atoms with van der Waals surface area (Å²) in [5, 5.41) is 150. The number of H-pyrrole nitrogens is 1. The van der Waals surface area contributed by atoms with Crippen LogP contribution in [0.3, 0.4) is 0 Å². The van der Waals surface area contributed by atoms with E-state index < -0.39 is 230 Å². The molecular weight excluding hydrogens is 1890 g/mol. The SMILES string of the molecule is CC(C)C[C@H](NC(=O)[C@H](C)NC(=O)[C@H](Cc1ccc(O)cc1)NC(=O)[C@H](Cc1ccc(O)cc1)NC(=O)[C@H](Cc1c[nH]c2ccccc12)NC(=O)[C@H](CO)NC(=O)[C@H](CO)NC(=O)[C@H](Cc1ccc(O)cc1)NC(=O)[C@H](CCCCN)NC(=O)[C@H](CCCNC(=N)N)NC(=O)[C@H](CO)NC(=O)[C@H](CCCNC(=N)N)NC(=O)[C@@H](N)Cc1ccc(O)cc1)C(=O)N[C@@H](CCCCN)C(=O)N[C@@H](CCCNC(=N)N)C(=O)O. The highest BCUT2D eigenvalue weighted by molar-refractivity contribution is 6.01. The second kappa shape index (κ2) is 61.3. The van der Waals surface area contributed by atoms with Crippen molar-refractivity contribution in [3.63, 3.8) is 0 Å². The summed E-state index contributed by atoms with van der Waals surface area (Å²) in [6, 6.07) is 4.37. The van der Waals surface area contributed by atoms with E-state index in [2.05, 4.69) is 95.4 Å². The first-order valence-electron chi connectivity index (χ1n) is 47.4. The van der Waals surface area contributed by atoms with Crippen LogP contribution in [0.25, 0.3) is 10.9 Å². The zero-order chi connectivity index (χ0) is 107. The number of aliphatic hydroxyl groups excluding tert-OH is 3. The first-order chi connectivity index (χ1) is 69.0. The number of nitrogens with one attached hydrogen (secondary N) is 21. The van der Waals surface area contributed by atoms with E-state index in [1.165, 1.54) is 110 Å². The van der Waals surface area contributed by atoms with Crippen LogP contribution >= 0.6 is 0 Å². The number of amides is 14. The van der Waals surface area contributed by atoms with Crippen LogP contribution in [0.4, 0.5) is 0 Å². The summed E-state index contributed by atoms with van der Waals surface area (Å²) in [6.45, 7) is 1.62. The van der Waals surface area contributed by atoms with E-state index >= 15 is 9.59 Å². The molecule has 15 atom stereocenters. The van der Waals surface area contributed by atoms with Gasteiger partial charge in [-0.25, -0.2) is 4.79 Å². The number of aliphatic hydroxyl groups is 3. The summed E-state index contributed by atoms with van der Waals surface area (Å²) in [5.41, 5.74) is 36.6. The first-order valence-corrected chi connectivity index (χ1v) is 47.4. The number of carbonyl (C=O) groups is 15. The number of carboxylic acids is 1. The maximum Gasteiger partial charge on any atom is 0.326 e. The number of guanidine groups is 3. The number of aromatic amines is 1. The lowest BCUT2D eigenvalue weighted by atomic mass is 10.00. The number of nitrogens with two attached hydrogens (primary N) is 6. The van der Waals surface area contributed by atoms with Gasteiger partial charge in [0.1, 0.15) is 108 Å². The van der Waals surface area contributed by atoms with Crippen molar-refractivity contribution >= 4 is 117 Å². The molecule has 792 valence electrons. The predicted molar refractivity (Wildman–Crippen MR) is 532 cm³/mol. The number of aromatic hydroxyl groups is 4. The summed E-state index contributed by atoms with van der Waals surface area (Å²) in [4.78, 5) is 219. The van der Waals surface area contributed by atoms with Crippen LogP contribution in [-0.4, -0.2) is 296 Å². The topological polar surface area (TPSA) is 866 Å². The Morgan fingerprint density at radius 1 is 0.317 bits per heavy atom. The minimum atomic E-state index is -2.05. The Morgan fingerprint density at radius 2 is 0.586 bits per heavy atom. The molecule has 0 aliphatic carbocycles. The van der Waals surface area contributed by atoms with Crippen LogP contribution in [0.15, 0.2) is 128 Å². The summed E-state index contributed by atoms with van der Waals surface area (Å²) in [5.74, 6) is -18.2. The number of benzene rings is 5. The number of fused-ring (bicyclic) bond motifs is 1. The highest BCUT2D eigenvalue weighted by Gasteiger charge is 2.40. The molecule has 0 radical (unpaired) electrons. The molecule has 50 heteroatoms. The highest BCUT2D eigenvalue weighted by Crippen LogP contribution is 2.23. The standard InChI is InChI=1S/C95H139N27O23/c1-51(2)41-70(85(137)112-65(15-6-8-36-96)81(133)114-69(92(144)145)19-12-40-107-95(103)104)115-78(130)52(3)109-84(136)71(43-54-22-30-59(127)31-23-54)117-86(138)72(44-55-24-32-60(128)33-25-55)118-88(140)74(46-57-47-108-64-14-5-4-13-62(57)64)119-90(142)76(49-124)122-91(143)77(50-125)121-87(139)73(45-56-26-34-61(129)35-27-56)116-82(134)66(16-7-9-37-97)111-80(132)68(18-11-39-106-94(101)102)113-89(141)75(48-123)120-83(135)67(17-10-38-105-93(99)100)110-79(131)63(98)42-53-20-28-58(126)29-21-53/h4-5,13-14,20-35,47,51-52,63,65-77,108,123-129H,6-12,15-19,36-46,48-50,96-98H2,1-3H3,(H,109,136)(H,110,131)(H,111,132)(H,112,137)(H,113,141)(H,114,133)(H,115,130)(H,116,134)(H,117,138)(H,118,140)(H,119,142)(H,120,135)(H,121,139)(H,122,143)(H,144,145)(H4,99,100,105)(H4,101,102,106)(H4,103,104,107)/t52-,63-,65-,66-,67-,68-,69-,70-,71-,72-,73-,74-,75-,76-,77-/m0/s1. The number of hydrogen-bond donors (Lipinski definition) is 35. The number of phenols is 4. The van der Waals surface area contributed by atoms with Crippen LogP contribution in [0.5, 0.6) is 23.0 Å². The van der Waals surface area contributed by atoms with E-state index in [4.69, 9.17) is 50.6 Å². The Hall–Kier alpha value is -15.5. The van der Waals surface area contributed by atoms with Crippen LogP contribution in [0, 0.1) is 22.1 Å². The molecule has 0 fully saturated rings. The van der Waals surface area contributed by atoms with Gasteiger partial charge in [-0.3, -0.25) is 83.4 Å². The van der Waals surface area contributed by atoms with E-state index in [-0.39, 0.29) is 157 Å². The number of carboxylic acid groups (broad SMARTS) is 1. The maximum absolute atomic E-state index is 15.4. The van der Waals surface area contributed by atoms with Crippen molar-refractivity contribution in [2.45, 2.75) is 227 Å². The van der Waals surface area contributed by atoms with Crippen LogP contribution < -0.4 is 125 Å². The van der Waals surface area contributed by atoms with E-state index in [0.29, 0.717) is 46.0 Å². The molecule has 0 aliphatic rings. The molecule has 0 aliphatic heterocycles. The van der Waals surface area contributed by atoms with E-state index in [0.717, 1.165) is 0 Å². The Balaban J connectivity index is 1.25. The molecule has 0 spiro atoms. The Morgan fingerprint density at radius 3 is 0.917 bits per heavy atom. The maximum atomic E-state index is 15.4. The molecule has 14 amide bonds. The molecule has 6 aromatic rings. The van der Waals surface area contributed by atoms with Gasteiger partial charge in [0, 0.05) is 62.4 Å². The highest BCUT2D eigenvalue weighted by atomic mass is 16.4. The lowest BCUT2D eigenvalue weighted by molar-refractivity contribution is -0.142. The number of carbonyl (C=O) groups excluding carboxylic acids is 14. The molecule has 0 saturated heterocycles. The molecule has 50 nitrogen and oxygen atoms in total. The number of para-hydroxylation sites is 1. The zero-order valence-corrected chi connectivity index (χ0v) is 80.9. The van der Waals surface area contributed by atoms with Crippen LogP contribution in [0.2, 0.25) is 0 Å². The summed E-state index contributed by atoms with van der Waals surface area (Å²) >= 11 is 0. The average molecular weight is 2030 g/mol. The van der Waals surface area contributed by atoms with Gasteiger partial charge < -0.3 is 171 Å². The summed E-state index contributed by atoms with van der Waals surface area (Å²) in [7, 11) is 0. The van der Waals surface area contributed by atoms with Crippen molar-refractivity contribution in [2.75, 3.05) is 52.5 Å². The van der Waals surface area contributed by atoms with E-state index in [1.807, 2.05) is 0 Å². The normalized spacial score (nSPS) is 14.2. The largest absolute Gasteiger partial charge is 0.508 e.